The molecule has 0 aliphatic rings. The molecule has 2 amide bonds. The van der Waals surface area contributed by atoms with E-state index in [2.05, 4.69) is 5.32 Å². The minimum atomic E-state index is -4.91. The van der Waals surface area contributed by atoms with E-state index in [1.165, 1.54) is 6.92 Å². The Morgan fingerprint density at radius 3 is 2.37 bits per heavy atom. The SMILES string of the molecule is CC(NC(=O)c1ccc(F)c(C(F)(F)F)c1)C(N)=O. The van der Waals surface area contributed by atoms with Gasteiger partial charge in [0.15, 0.2) is 0 Å². The van der Waals surface area contributed by atoms with Gasteiger partial charge in [-0.3, -0.25) is 9.59 Å². The first-order chi connectivity index (χ1) is 8.62. The highest BCUT2D eigenvalue weighted by Crippen LogP contribution is 2.31. The van der Waals surface area contributed by atoms with Gasteiger partial charge in [-0.15, -0.1) is 0 Å². The highest BCUT2D eigenvalue weighted by molar-refractivity contribution is 5.97. The van der Waals surface area contributed by atoms with Crippen LogP contribution in [-0.4, -0.2) is 17.9 Å². The minimum Gasteiger partial charge on any atom is -0.368 e. The van der Waals surface area contributed by atoms with E-state index in [1.807, 2.05) is 0 Å². The highest BCUT2D eigenvalue weighted by atomic mass is 19.4. The van der Waals surface area contributed by atoms with E-state index in [4.69, 9.17) is 5.73 Å². The fraction of sp³-hybridized carbons (Fsp3) is 0.273. The summed E-state index contributed by atoms with van der Waals surface area (Å²) in [6, 6.07) is 0.741. The third-order valence-electron chi connectivity index (χ3n) is 2.31. The van der Waals surface area contributed by atoms with Crippen LogP contribution in [0.25, 0.3) is 0 Å². The number of benzene rings is 1. The number of hydrogen-bond donors (Lipinski definition) is 2. The number of hydrogen-bond acceptors (Lipinski definition) is 2. The predicted molar refractivity (Wildman–Crippen MR) is 57.5 cm³/mol. The first kappa shape index (κ1) is 14.9. The molecule has 0 saturated carbocycles. The number of amides is 2. The molecule has 1 atom stereocenters. The van der Waals surface area contributed by atoms with E-state index in [1.54, 1.807) is 0 Å². The van der Waals surface area contributed by atoms with E-state index in [0.717, 1.165) is 6.07 Å². The monoisotopic (exact) mass is 278 g/mol. The molecule has 1 aromatic rings. The molecule has 3 N–H and O–H groups in total. The molecular formula is C11H10F4N2O2. The Morgan fingerprint density at radius 1 is 1.32 bits per heavy atom. The van der Waals surface area contributed by atoms with Gasteiger partial charge in [-0.05, 0) is 25.1 Å². The van der Waals surface area contributed by atoms with E-state index >= 15 is 0 Å². The Bertz CT molecular complexity index is 514. The van der Waals surface area contributed by atoms with Crippen LogP contribution in [0.3, 0.4) is 0 Å². The topological polar surface area (TPSA) is 72.2 Å². The summed E-state index contributed by atoms with van der Waals surface area (Å²) in [5.41, 5.74) is 2.93. The number of nitrogens with one attached hydrogen (secondary N) is 1. The molecule has 0 saturated heterocycles. The van der Waals surface area contributed by atoms with E-state index in [9.17, 15) is 27.2 Å². The molecule has 1 unspecified atom stereocenters. The summed E-state index contributed by atoms with van der Waals surface area (Å²) < 4.78 is 50.3. The number of nitrogens with two attached hydrogens (primary N) is 1. The lowest BCUT2D eigenvalue weighted by atomic mass is 10.1. The molecule has 1 rings (SSSR count). The van der Waals surface area contributed by atoms with Gasteiger partial charge in [-0.2, -0.15) is 13.2 Å². The second kappa shape index (κ2) is 5.25. The average Bonchev–Trinajstić information content (AvgIpc) is 2.27. The van der Waals surface area contributed by atoms with Crippen molar-refractivity contribution in [1.29, 1.82) is 0 Å². The van der Waals surface area contributed by atoms with Gasteiger partial charge in [-0.25, -0.2) is 4.39 Å². The van der Waals surface area contributed by atoms with E-state index < -0.39 is 41.0 Å². The molecule has 1 aromatic carbocycles. The van der Waals surface area contributed by atoms with Crippen molar-refractivity contribution >= 4 is 11.8 Å². The van der Waals surface area contributed by atoms with E-state index in [-0.39, 0.29) is 0 Å². The van der Waals surface area contributed by atoms with Crippen LogP contribution in [0.1, 0.15) is 22.8 Å². The first-order valence-electron chi connectivity index (χ1n) is 5.10. The zero-order valence-corrected chi connectivity index (χ0v) is 9.72. The fourth-order valence-corrected chi connectivity index (χ4v) is 1.23. The van der Waals surface area contributed by atoms with Crippen LogP contribution in [0.5, 0.6) is 0 Å². The minimum absolute atomic E-state index is 0.373. The maximum absolute atomic E-state index is 13.0. The van der Waals surface area contributed by atoms with Crippen LogP contribution >= 0.6 is 0 Å². The van der Waals surface area contributed by atoms with Gasteiger partial charge in [0.1, 0.15) is 11.9 Å². The Kier molecular flexibility index (Phi) is 4.13. The molecule has 0 bridgehead atoms. The van der Waals surface area contributed by atoms with Crippen LogP contribution < -0.4 is 11.1 Å². The molecule has 0 aliphatic carbocycles. The molecule has 0 heterocycles. The molecule has 0 aromatic heterocycles. The fourth-order valence-electron chi connectivity index (χ4n) is 1.23. The maximum Gasteiger partial charge on any atom is 0.419 e. The van der Waals surface area contributed by atoms with Crippen molar-refractivity contribution < 1.29 is 27.2 Å². The summed E-state index contributed by atoms with van der Waals surface area (Å²) >= 11 is 0. The molecule has 0 fully saturated rings. The summed E-state index contributed by atoms with van der Waals surface area (Å²) in [5, 5.41) is 2.09. The van der Waals surface area contributed by atoms with Gasteiger partial charge in [0, 0.05) is 5.56 Å². The standard InChI is InChI=1S/C11H10F4N2O2/c1-5(9(16)18)17-10(19)6-2-3-8(12)7(4-6)11(13,14)15/h2-5H,1H3,(H2,16,18)(H,17,19). The molecule has 0 spiro atoms. The molecular weight excluding hydrogens is 268 g/mol. The molecule has 0 aliphatic heterocycles. The highest BCUT2D eigenvalue weighted by Gasteiger charge is 2.34. The second-order valence-corrected chi connectivity index (χ2v) is 3.79. The Labute approximate surface area is 105 Å². The van der Waals surface area contributed by atoms with Crippen molar-refractivity contribution in [3.63, 3.8) is 0 Å². The zero-order valence-electron chi connectivity index (χ0n) is 9.72. The lowest BCUT2D eigenvalue weighted by Crippen LogP contribution is -2.42. The largest absolute Gasteiger partial charge is 0.419 e. The third-order valence-corrected chi connectivity index (χ3v) is 2.31. The number of carbonyl (C=O) groups is 2. The number of primary amides is 1. The Balaban J connectivity index is 3.03. The number of halogens is 4. The van der Waals surface area contributed by atoms with Crippen molar-refractivity contribution in [2.75, 3.05) is 0 Å². The lowest BCUT2D eigenvalue weighted by Gasteiger charge is -2.12. The van der Waals surface area contributed by atoms with Crippen molar-refractivity contribution in [3.8, 4) is 0 Å². The summed E-state index contributed by atoms with van der Waals surface area (Å²) in [6.07, 6.45) is -4.91. The van der Waals surface area contributed by atoms with Gasteiger partial charge < -0.3 is 11.1 Å². The van der Waals surface area contributed by atoms with Crippen LogP contribution in [-0.2, 0) is 11.0 Å². The van der Waals surface area contributed by atoms with Crippen molar-refractivity contribution in [3.05, 3.63) is 35.1 Å². The van der Waals surface area contributed by atoms with Gasteiger partial charge >= 0.3 is 6.18 Å². The van der Waals surface area contributed by atoms with Gasteiger partial charge in [0.2, 0.25) is 5.91 Å². The number of carbonyl (C=O) groups excluding carboxylic acids is 2. The van der Waals surface area contributed by atoms with Crippen LogP contribution in [0.4, 0.5) is 17.6 Å². The quantitative estimate of drug-likeness (QED) is 0.821. The molecule has 8 heteroatoms. The zero-order chi connectivity index (χ0) is 14.8. The van der Waals surface area contributed by atoms with E-state index in [0.29, 0.717) is 12.1 Å². The van der Waals surface area contributed by atoms with Crippen LogP contribution in [0.2, 0.25) is 0 Å². The van der Waals surface area contributed by atoms with Gasteiger partial charge in [0.05, 0.1) is 5.56 Å². The first-order valence-corrected chi connectivity index (χ1v) is 5.10. The summed E-state index contributed by atoms with van der Waals surface area (Å²) in [4.78, 5) is 22.3. The number of alkyl halides is 3. The second-order valence-electron chi connectivity index (χ2n) is 3.79. The van der Waals surface area contributed by atoms with Crippen LogP contribution in [0.15, 0.2) is 18.2 Å². The molecule has 4 nitrogen and oxygen atoms in total. The Morgan fingerprint density at radius 2 is 1.89 bits per heavy atom. The smallest absolute Gasteiger partial charge is 0.368 e. The normalized spacial score (nSPS) is 12.9. The average molecular weight is 278 g/mol. The predicted octanol–water partition coefficient (Wildman–Crippen LogP) is 1.45. The van der Waals surface area contributed by atoms with Gasteiger partial charge in [0.25, 0.3) is 5.91 Å². The van der Waals surface area contributed by atoms with Gasteiger partial charge in [-0.1, -0.05) is 0 Å². The lowest BCUT2D eigenvalue weighted by molar-refractivity contribution is -0.140. The molecule has 104 valence electrons. The van der Waals surface area contributed by atoms with Crippen molar-refractivity contribution in [1.82, 2.24) is 5.32 Å². The third kappa shape index (κ3) is 3.67. The molecule has 0 radical (unpaired) electrons. The van der Waals surface area contributed by atoms with Crippen molar-refractivity contribution in [2.45, 2.75) is 19.1 Å². The number of rotatable bonds is 3. The Hall–Kier alpha value is -2.12. The summed E-state index contributed by atoms with van der Waals surface area (Å²) in [5.74, 6) is -3.27. The maximum atomic E-state index is 13.0. The van der Waals surface area contributed by atoms with Crippen molar-refractivity contribution in [2.24, 2.45) is 5.73 Å². The summed E-state index contributed by atoms with van der Waals surface area (Å²) in [7, 11) is 0. The summed E-state index contributed by atoms with van der Waals surface area (Å²) in [6.45, 7) is 1.27. The van der Waals surface area contributed by atoms with Crippen LogP contribution in [0, 0.1) is 5.82 Å². The molecule has 19 heavy (non-hydrogen) atoms.